The van der Waals surface area contributed by atoms with Crippen LogP contribution in [0.4, 0.5) is 11.4 Å². The first-order chi connectivity index (χ1) is 14.0. The topological polar surface area (TPSA) is 114 Å². The second kappa shape index (κ2) is 7.86. The van der Waals surface area contributed by atoms with E-state index >= 15 is 0 Å². The lowest BCUT2D eigenvalue weighted by molar-refractivity contribution is 0.102. The number of nitrogens with zero attached hydrogens (tertiary/aromatic N) is 2. The van der Waals surface area contributed by atoms with E-state index in [1.807, 2.05) is 0 Å². The van der Waals surface area contributed by atoms with E-state index in [0.717, 1.165) is 16.9 Å². The fourth-order valence-corrected chi connectivity index (χ4v) is 4.57. The molecule has 2 heterocycles. The Morgan fingerprint density at radius 1 is 0.966 bits per heavy atom. The third-order valence-corrected chi connectivity index (χ3v) is 6.70. The van der Waals surface area contributed by atoms with Crippen LogP contribution >= 0.6 is 11.3 Å². The van der Waals surface area contributed by atoms with Crippen LogP contribution in [0.3, 0.4) is 0 Å². The Morgan fingerprint density at radius 3 is 2.31 bits per heavy atom. The lowest BCUT2D eigenvalue weighted by Crippen LogP contribution is -2.13. The summed E-state index contributed by atoms with van der Waals surface area (Å²) in [6.45, 7) is 0. The summed E-state index contributed by atoms with van der Waals surface area (Å²) in [5, 5.41) is 8.22. The number of benzene rings is 2. The number of carbonyl (C=O) groups is 1. The average Bonchev–Trinajstić information content (AvgIpc) is 3.43. The van der Waals surface area contributed by atoms with Crippen LogP contribution in [0.25, 0.3) is 11.4 Å². The summed E-state index contributed by atoms with van der Waals surface area (Å²) >= 11 is 1.13. The van der Waals surface area contributed by atoms with Crippen molar-refractivity contribution in [3.05, 3.63) is 78.0 Å². The number of hydrogen-bond donors (Lipinski definition) is 2. The number of carbonyl (C=O) groups excluding carboxylic acids is 1. The lowest BCUT2D eigenvalue weighted by atomic mass is 10.1. The van der Waals surface area contributed by atoms with Gasteiger partial charge in [-0.05, 0) is 60.0 Å². The van der Waals surface area contributed by atoms with Gasteiger partial charge in [-0.3, -0.25) is 9.52 Å². The number of sulfonamides is 1. The van der Waals surface area contributed by atoms with Crippen molar-refractivity contribution in [1.82, 2.24) is 10.1 Å². The number of amides is 1. The van der Waals surface area contributed by atoms with Crippen LogP contribution in [0.15, 0.2) is 81.2 Å². The zero-order chi connectivity index (χ0) is 20.3. The fourth-order valence-electron chi connectivity index (χ4n) is 2.52. The summed E-state index contributed by atoms with van der Waals surface area (Å²) in [5.41, 5.74) is 2.13. The third kappa shape index (κ3) is 4.33. The Kier molecular flexibility index (Phi) is 5.10. The molecular weight excluding hydrogens is 412 g/mol. The summed E-state index contributed by atoms with van der Waals surface area (Å²) in [5.74, 6) is 0.147. The maximum absolute atomic E-state index is 12.4. The Bertz CT molecular complexity index is 1200. The molecule has 29 heavy (non-hydrogen) atoms. The molecule has 0 bridgehead atoms. The van der Waals surface area contributed by atoms with Crippen LogP contribution in [-0.4, -0.2) is 24.5 Å². The maximum atomic E-state index is 12.4. The molecule has 8 nitrogen and oxygen atoms in total. The number of nitrogens with one attached hydrogen (secondary N) is 2. The molecule has 0 atom stereocenters. The summed E-state index contributed by atoms with van der Waals surface area (Å²) in [6, 6.07) is 16.4. The second-order valence-corrected chi connectivity index (χ2v) is 8.76. The predicted octanol–water partition coefficient (Wildman–Crippen LogP) is 3.85. The predicted molar refractivity (Wildman–Crippen MR) is 109 cm³/mol. The van der Waals surface area contributed by atoms with Crippen molar-refractivity contribution in [2.45, 2.75) is 4.21 Å². The SMILES string of the molecule is O=C(Nc1ccc(-c2ncon2)cc1)c1ccc(NS(=O)(=O)c2cccs2)cc1. The van der Waals surface area contributed by atoms with Crippen LogP contribution < -0.4 is 10.0 Å². The summed E-state index contributed by atoms with van der Waals surface area (Å²) in [7, 11) is -3.62. The molecule has 2 aromatic carbocycles. The van der Waals surface area contributed by atoms with E-state index in [4.69, 9.17) is 4.52 Å². The first kappa shape index (κ1) is 18.8. The van der Waals surface area contributed by atoms with Crippen LogP contribution in [0, 0.1) is 0 Å². The maximum Gasteiger partial charge on any atom is 0.271 e. The van der Waals surface area contributed by atoms with Gasteiger partial charge < -0.3 is 9.84 Å². The zero-order valence-electron chi connectivity index (χ0n) is 14.8. The van der Waals surface area contributed by atoms with Crippen molar-refractivity contribution in [2.75, 3.05) is 10.0 Å². The molecule has 4 rings (SSSR count). The standard InChI is InChI=1S/C19H14N4O4S2/c24-19(21-15-7-3-13(4-8-15)18-20-12-27-22-18)14-5-9-16(10-6-14)23-29(25,26)17-2-1-11-28-17/h1-12,23H,(H,21,24). The van der Waals surface area contributed by atoms with E-state index < -0.39 is 10.0 Å². The summed E-state index contributed by atoms with van der Waals surface area (Å²) < 4.78 is 31.9. The van der Waals surface area contributed by atoms with Gasteiger partial charge in [-0.15, -0.1) is 11.3 Å². The van der Waals surface area contributed by atoms with Crippen molar-refractivity contribution in [1.29, 1.82) is 0 Å². The van der Waals surface area contributed by atoms with E-state index in [0.29, 0.717) is 22.8 Å². The molecule has 0 aliphatic rings. The van der Waals surface area contributed by atoms with Crippen molar-refractivity contribution in [3.63, 3.8) is 0 Å². The van der Waals surface area contributed by atoms with E-state index in [1.54, 1.807) is 60.0 Å². The molecule has 2 N–H and O–H groups in total. The van der Waals surface area contributed by atoms with Gasteiger partial charge in [-0.25, -0.2) is 8.42 Å². The Labute approximate surface area is 170 Å². The monoisotopic (exact) mass is 426 g/mol. The van der Waals surface area contributed by atoms with Crippen LogP contribution in [0.2, 0.25) is 0 Å². The molecule has 0 saturated carbocycles. The Hall–Kier alpha value is -3.50. The molecule has 10 heteroatoms. The Morgan fingerprint density at radius 2 is 1.69 bits per heavy atom. The van der Waals surface area contributed by atoms with Gasteiger partial charge in [0.05, 0.1) is 0 Å². The van der Waals surface area contributed by atoms with E-state index in [1.165, 1.54) is 12.5 Å². The van der Waals surface area contributed by atoms with Gasteiger partial charge in [0.15, 0.2) is 0 Å². The van der Waals surface area contributed by atoms with Crippen molar-refractivity contribution < 1.29 is 17.7 Å². The molecular formula is C19H14N4O4S2. The van der Waals surface area contributed by atoms with E-state index in [9.17, 15) is 13.2 Å². The van der Waals surface area contributed by atoms with Gasteiger partial charge in [0.1, 0.15) is 4.21 Å². The molecule has 0 radical (unpaired) electrons. The molecule has 0 fully saturated rings. The molecule has 1 amide bonds. The van der Waals surface area contributed by atoms with Crippen LogP contribution in [0.5, 0.6) is 0 Å². The van der Waals surface area contributed by atoms with Crippen molar-refractivity contribution >= 4 is 38.6 Å². The fraction of sp³-hybridized carbons (Fsp3) is 0. The lowest BCUT2D eigenvalue weighted by Gasteiger charge is -2.08. The molecule has 0 unspecified atom stereocenters. The number of aromatic nitrogens is 2. The number of hydrogen-bond acceptors (Lipinski definition) is 7. The van der Waals surface area contributed by atoms with E-state index in [2.05, 4.69) is 20.2 Å². The highest BCUT2D eigenvalue weighted by Gasteiger charge is 2.15. The minimum Gasteiger partial charge on any atom is -0.342 e. The number of thiophene rings is 1. The molecule has 0 aliphatic heterocycles. The summed E-state index contributed by atoms with van der Waals surface area (Å²) in [4.78, 5) is 16.4. The van der Waals surface area contributed by atoms with Gasteiger partial charge in [0, 0.05) is 22.5 Å². The first-order valence-electron chi connectivity index (χ1n) is 8.36. The zero-order valence-corrected chi connectivity index (χ0v) is 16.4. The van der Waals surface area contributed by atoms with Gasteiger partial charge in [0.2, 0.25) is 12.2 Å². The van der Waals surface area contributed by atoms with Gasteiger partial charge >= 0.3 is 0 Å². The van der Waals surface area contributed by atoms with Gasteiger partial charge in [-0.2, -0.15) is 4.98 Å². The summed E-state index contributed by atoms with van der Waals surface area (Å²) in [6.07, 6.45) is 1.25. The minimum absolute atomic E-state index is 0.226. The number of rotatable bonds is 6. The molecule has 4 aromatic rings. The molecule has 146 valence electrons. The normalized spacial score (nSPS) is 11.2. The number of anilines is 2. The highest BCUT2D eigenvalue weighted by atomic mass is 32.2. The van der Waals surface area contributed by atoms with Gasteiger partial charge in [-0.1, -0.05) is 11.2 Å². The third-order valence-electron chi connectivity index (χ3n) is 3.92. The van der Waals surface area contributed by atoms with E-state index in [-0.39, 0.29) is 10.1 Å². The molecule has 2 aromatic heterocycles. The van der Waals surface area contributed by atoms with Crippen molar-refractivity contribution in [3.8, 4) is 11.4 Å². The highest BCUT2D eigenvalue weighted by Crippen LogP contribution is 2.21. The minimum atomic E-state index is -3.62. The quantitative estimate of drug-likeness (QED) is 0.484. The highest BCUT2D eigenvalue weighted by molar-refractivity contribution is 7.94. The average molecular weight is 426 g/mol. The van der Waals surface area contributed by atoms with Crippen LogP contribution in [0.1, 0.15) is 10.4 Å². The second-order valence-electron chi connectivity index (χ2n) is 5.90. The van der Waals surface area contributed by atoms with Gasteiger partial charge in [0.25, 0.3) is 15.9 Å². The molecule has 0 saturated heterocycles. The molecule has 0 aliphatic carbocycles. The van der Waals surface area contributed by atoms with Crippen LogP contribution in [-0.2, 0) is 10.0 Å². The van der Waals surface area contributed by atoms with Crippen molar-refractivity contribution in [2.24, 2.45) is 0 Å². The first-order valence-corrected chi connectivity index (χ1v) is 10.7. The Balaban J connectivity index is 1.42. The largest absolute Gasteiger partial charge is 0.342 e. The smallest absolute Gasteiger partial charge is 0.271 e. The molecule has 0 spiro atoms.